The van der Waals surface area contributed by atoms with Crippen LogP contribution in [0.1, 0.15) is 22.3 Å². The van der Waals surface area contributed by atoms with Gasteiger partial charge in [0.2, 0.25) is 5.91 Å². The van der Waals surface area contributed by atoms with Gasteiger partial charge in [0, 0.05) is 31.7 Å². The Bertz CT molecular complexity index is 1410. The fourth-order valence-corrected chi connectivity index (χ4v) is 3.94. The van der Waals surface area contributed by atoms with Crippen LogP contribution in [-0.4, -0.2) is 56.8 Å². The molecule has 0 aliphatic heterocycles. The highest BCUT2D eigenvalue weighted by Gasteiger charge is 2.43. The molecule has 2 N–H and O–H groups in total. The number of fused-ring (bicyclic) bond motifs is 2. The number of halogens is 2. The summed E-state index contributed by atoms with van der Waals surface area (Å²) in [6.45, 7) is 1.62. The van der Waals surface area contributed by atoms with E-state index in [0.717, 1.165) is 0 Å². The molecule has 8 nitrogen and oxygen atoms in total. The number of hydrogen-bond acceptors (Lipinski definition) is 4. The van der Waals surface area contributed by atoms with Crippen molar-refractivity contribution in [2.75, 3.05) is 19.4 Å². The Hall–Kier alpha value is -3.82. The van der Waals surface area contributed by atoms with Gasteiger partial charge in [-0.15, -0.1) is 0 Å². The van der Waals surface area contributed by atoms with Gasteiger partial charge in [-0.05, 0) is 42.2 Å². The smallest absolute Gasteiger partial charge is 0.258 e. The first kappa shape index (κ1) is 20.1. The van der Waals surface area contributed by atoms with Gasteiger partial charge in [0.25, 0.3) is 5.91 Å². The van der Waals surface area contributed by atoms with Crippen molar-refractivity contribution in [2.24, 2.45) is 5.92 Å². The number of alkyl halides is 1. The summed E-state index contributed by atoms with van der Waals surface area (Å²) in [6, 6.07) is 5.24. The standard InChI is InChI=1S/C22H20F2N6O2/c1-10-17(14-9-25-27-20(14)18(19(10)24)22(32)29(2)3)11-4-5-30-12(6-11)7-16(28-30)26-21(31)13-8-15(13)23/h4-7,9,13,15H,8H2,1-3H3,(H,25,27)(H,26,28,31)/t13-,15+/m1/s1. The maximum atomic E-state index is 15.3. The summed E-state index contributed by atoms with van der Waals surface area (Å²) >= 11 is 0. The number of nitrogens with zero attached hydrogens (tertiary/aromatic N) is 4. The third-order valence-corrected chi connectivity index (χ3v) is 5.76. The number of aromatic nitrogens is 4. The molecule has 1 aliphatic carbocycles. The van der Waals surface area contributed by atoms with E-state index >= 15 is 4.39 Å². The molecule has 10 heteroatoms. The first-order valence-corrected chi connectivity index (χ1v) is 10.1. The summed E-state index contributed by atoms with van der Waals surface area (Å²) < 4.78 is 30.0. The van der Waals surface area contributed by atoms with Crippen LogP contribution in [0.2, 0.25) is 0 Å². The highest BCUT2D eigenvalue weighted by molar-refractivity contribution is 6.10. The third-order valence-electron chi connectivity index (χ3n) is 5.76. The largest absolute Gasteiger partial charge is 0.345 e. The first-order chi connectivity index (χ1) is 15.3. The van der Waals surface area contributed by atoms with Crippen LogP contribution in [-0.2, 0) is 4.79 Å². The van der Waals surface area contributed by atoms with Crippen molar-refractivity contribution in [3.05, 3.63) is 47.5 Å². The monoisotopic (exact) mass is 438 g/mol. The summed E-state index contributed by atoms with van der Waals surface area (Å²) in [4.78, 5) is 25.9. The zero-order valence-electron chi connectivity index (χ0n) is 17.6. The molecule has 1 saturated carbocycles. The summed E-state index contributed by atoms with van der Waals surface area (Å²) in [7, 11) is 3.13. The van der Waals surface area contributed by atoms with Gasteiger partial charge in [-0.25, -0.2) is 13.3 Å². The van der Waals surface area contributed by atoms with Gasteiger partial charge >= 0.3 is 0 Å². The number of hydrogen-bond donors (Lipinski definition) is 2. The van der Waals surface area contributed by atoms with Crippen LogP contribution >= 0.6 is 0 Å². The quantitative estimate of drug-likeness (QED) is 0.511. The van der Waals surface area contributed by atoms with E-state index in [4.69, 9.17) is 0 Å². The normalized spacial score (nSPS) is 17.7. The minimum Gasteiger partial charge on any atom is -0.345 e. The van der Waals surface area contributed by atoms with Crippen LogP contribution < -0.4 is 5.32 Å². The average Bonchev–Trinajstić information content (AvgIpc) is 3.11. The van der Waals surface area contributed by atoms with E-state index in [-0.39, 0.29) is 17.9 Å². The highest BCUT2D eigenvalue weighted by Crippen LogP contribution is 2.37. The van der Waals surface area contributed by atoms with Crippen molar-refractivity contribution >= 4 is 34.1 Å². The molecule has 1 aliphatic rings. The third kappa shape index (κ3) is 3.10. The van der Waals surface area contributed by atoms with Crippen LogP contribution in [0.5, 0.6) is 0 Å². The summed E-state index contributed by atoms with van der Waals surface area (Å²) in [5.74, 6) is -1.75. The molecule has 1 fully saturated rings. The lowest BCUT2D eigenvalue weighted by atomic mass is 9.93. The van der Waals surface area contributed by atoms with Crippen LogP contribution in [0.3, 0.4) is 0 Å². The number of aromatic amines is 1. The van der Waals surface area contributed by atoms with Crippen molar-refractivity contribution < 1.29 is 18.4 Å². The number of benzene rings is 1. The summed E-state index contributed by atoms with van der Waals surface area (Å²) in [5.41, 5.74) is 2.57. The number of anilines is 1. The summed E-state index contributed by atoms with van der Waals surface area (Å²) in [5, 5.41) is 14.3. The van der Waals surface area contributed by atoms with Gasteiger partial charge in [-0.2, -0.15) is 10.2 Å². The Morgan fingerprint density at radius 3 is 2.75 bits per heavy atom. The fourth-order valence-electron chi connectivity index (χ4n) is 3.94. The molecule has 0 saturated heterocycles. The van der Waals surface area contributed by atoms with Gasteiger partial charge < -0.3 is 10.2 Å². The van der Waals surface area contributed by atoms with E-state index in [1.807, 2.05) is 0 Å². The maximum Gasteiger partial charge on any atom is 0.258 e. The zero-order chi connectivity index (χ0) is 22.7. The minimum atomic E-state index is -1.09. The summed E-state index contributed by atoms with van der Waals surface area (Å²) in [6.07, 6.45) is 2.41. The Labute approximate surface area is 181 Å². The second kappa shape index (κ2) is 7.11. The van der Waals surface area contributed by atoms with Gasteiger partial charge in [0.15, 0.2) is 5.82 Å². The van der Waals surface area contributed by atoms with Crippen molar-refractivity contribution in [3.8, 4) is 11.1 Å². The predicted molar refractivity (Wildman–Crippen MR) is 115 cm³/mol. The van der Waals surface area contributed by atoms with Gasteiger partial charge in [0.1, 0.15) is 17.6 Å². The Balaban J connectivity index is 1.59. The van der Waals surface area contributed by atoms with E-state index in [0.29, 0.717) is 38.9 Å². The Morgan fingerprint density at radius 1 is 1.31 bits per heavy atom. The van der Waals surface area contributed by atoms with E-state index in [2.05, 4.69) is 20.6 Å². The van der Waals surface area contributed by atoms with Crippen molar-refractivity contribution in [1.82, 2.24) is 24.7 Å². The number of amides is 2. The molecule has 164 valence electrons. The van der Waals surface area contributed by atoms with Gasteiger partial charge in [0.05, 0.1) is 23.1 Å². The topological polar surface area (TPSA) is 95.4 Å². The second-order valence-corrected chi connectivity index (χ2v) is 8.21. The minimum absolute atomic E-state index is 0.0505. The average molecular weight is 438 g/mol. The molecule has 0 spiro atoms. The molecule has 3 heterocycles. The van der Waals surface area contributed by atoms with E-state index < -0.39 is 23.8 Å². The van der Waals surface area contributed by atoms with Crippen LogP contribution in [0.4, 0.5) is 14.6 Å². The lowest BCUT2D eigenvalue weighted by Crippen LogP contribution is -2.23. The highest BCUT2D eigenvalue weighted by atomic mass is 19.1. The van der Waals surface area contributed by atoms with Crippen LogP contribution in [0.25, 0.3) is 27.5 Å². The van der Waals surface area contributed by atoms with Crippen molar-refractivity contribution in [1.29, 1.82) is 0 Å². The molecule has 2 atom stereocenters. The number of rotatable bonds is 4. The van der Waals surface area contributed by atoms with Crippen molar-refractivity contribution in [2.45, 2.75) is 19.5 Å². The molecule has 0 bridgehead atoms. The molecule has 2 amide bonds. The molecule has 0 unspecified atom stereocenters. The molecular weight excluding hydrogens is 418 g/mol. The molecule has 3 aromatic heterocycles. The van der Waals surface area contributed by atoms with E-state index in [1.165, 1.54) is 4.90 Å². The maximum absolute atomic E-state index is 15.3. The second-order valence-electron chi connectivity index (χ2n) is 8.21. The molecule has 1 aromatic carbocycles. The molecular formula is C22H20F2N6O2. The number of nitrogens with one attached hydrogen (secondary N) is 2. The number of carbonyl (C=O) groups excluding carboxylic acids is 2. The molecule has 32 heavy (non-hydrogen) atoms. The van der Waals surface area contributed by atoms with Gasteiger partial charge in [-0.1, -0.05) is 0 Å². The Morgan fingerprint density at radius 2 is 2.06 bits per heavy atom. The molecule has 5 rings (SSSR count). The zero-order valence-corrected chi connectivity index (χ0v) is 17.6. The van der Waals surface area contributed by atoms with Gasteiger partial charge in [-0.3, -0.25) is 14.7 Å². The van der Waals surface area contributed by atoms with Crippen molar-refractivity contribution in [3.63, 3.8) is 0 Å². The van der Waals surface area contributed by atoms with E-state index in [1.54, 1.807) is 56.1 Å². The van der Waals surface area contributed by atoms with Crippen LogP contribution in [0.15, 0.2) is 30.6 Å². The predicted octanol–water partition coefficient (Wildman–Crippen LogP) is 3.32. The number of pyridine rings is 1. The molecule has 4 aromatic rings. The number of carbonyl (C=O) groups is 2. The molecule has 0 radical (unpaired) electrons. The lowest BCUT2D eigenvalue weighted by Gasteiger charge is -2.16. The SMILES string of the molecule is Cc1c(F)c(C(=O)N(C)C)c2[nH]ncc2c1-c1ccn2nc(NC(=O)[C@@H]3C[C@@H]3F)cc2c1. The van der Waals surface area contributed by atoms with E-state index in [9.17, 15) is 14.0 Å². The lowest BCUT2D eigenvalue weighted by molar-refractivity contribution is -0.117. The fraction of sp³-hybridized carbons (Fsp3) is 0.273. The Kier molecular flexibility index (Phi) is 4.47. The first-order valence-electron chi connectivity index (χ1n) is 10.1. The number of H-pyrrole nitrogens is 1. The van der Waals surface area contributed by atoms with Crippen LogP contribution in [0, 0.1) is 18.7 Å².